The number of rotatable bonds is 4. The summed E-state index contributed by atoms with van der Waals surface area (Å²) < 4.78 is 9.39. The Labute approximate surface area is 146 Å². The van der Waals surface area contributed by atoms with Crippen LogP contribution in [-0.2, 0) is 23.9 Å². The third-order valence-electron chi connectivity index (χ3n) is 4.38. The van der Waals surface area contributed by atoms with Crippen LogP contribution < -0.4 is 0 Å². The number of carbonyl (C=O) groups is 3. The Kier molecular flexibility index (Phi) is 4.69. The van der Waals surface area contributed by atoms with Crippen molar-refractivity contribution in [1.82, 2.24) is 4.90 Å². The van der Waals surface area contributed by atoms with Crippen molar-refractivity contribution >= 4 is 29.6 Å². The number of amides is 1. The molecule has 0 spiro atoms. The molecule has 0 aliphatic carbocycles. The highest BCUT2D eigenvalue weighted by Gasteiger charge is 2.70. The average molecular weight is 359 g/mol. The Bertz CT molecular complexity index is 569. The first-order valence-electron chi connectivity index (χ1n) is 7.93. The lowest BCUT2D eigenvalue weighted by molar-refractivity contribution is -0.194. The zero-order chi connectivity index (χ0) is 18.5. The molecule has 2 heterocycles. The first-order valence-corrected chi connectivity index (χ1v) is 8.81. The Balaban J connectivity index is 2.02. The molecule has 0 radical (unpaired) electrons. The zero-order valence-electron chi connectivity index (χ0n) is 14.9. The van der Waals surface area contributed by atoms with Crippen molar-refractivity contribution in [3.8, 4) is 0 Å². The van der Waals surface area contributed by atoms with E-state index in [0.29, 0.717) is 6.42 Å². The van der Waals surface area contributed by atoms with Crippen molar-refractivity contribution in [1.29, 1.82) is 0 Å². The molecule has 3 atom stereocenters. The van der Waals surface area contributed by atoms with Gasteiger partial charge in [-0.1, -0.05) is 6.92 Å². The first-order chi connectivity index (χ1) is 10.9. The lowest BCUT2D eigenvalue weighted by Gasteiger charge is -2.49. The molecule has 1 amide bonds. The Morgan fingerprint density at radius 2 is 1.88 bits per heavy atom. The molecule has 2 saturated heterocycles. The van der Waals surface area contributed by atoms with Gasteiger partial charge in [0.15, 0.2) is 5.60 Å². The van der Waals surface area contributed by atoms with Gasteiger partial charge in [-0.25, -0.2) is 4.79 Å². The van der Waals surface area contributed by atoms with Crippen molar-refractivity contribution < 1.29 is 29.0 Å². The van der Waals surface area contributed by atoms with Crippen molar-refractivity contribution in [2.24, 2.45) is 5.41 Å². The van der Waals surface area contributed by atoms with Gasteiger partial charge in [-0.05, 0) is 41.0 Å². The molecule has 0 aromatic carbocycles. The van der Waals surface area contributed by atoms with Gasteiger partial charge < -0.3 is 19.5 Å². The van der Waals surface area contributed by atoms with E-state index in [1.165, 1.54) is 16.7 Å². The average Bonchev–Trinajstić information content (AvgIpc) is 2.74. The predicted octanol–water partition coefficient (Wildman–Crippen LogP) is 1.28. The van der Waals surface area contributed by atoms with Gasteiger partial charge in [-0.2, -0.15) is 0 Å². The fraction of sp³-hybridized carbons (Fsp3) is 0.812. The minimum absolute atomic E-state index is 0.293. The predicted molar refractivity (Wildman–Crippen MR) is 87.8 cm³/mol. The molecular formula is C16H25NO6S. The summed E-state index contributed by atoms with van der Waals surface area (Å²) in [5.41, 5.74) is -2.11. The maximum absolute atomic E-state index is 12.4. The number of fused-ring (bicyclic) bond motifs is 1. The topological polar surface area (TPSA) is 93.1 Å². The molecule has 24 heavy (non-hydrogen) atoms. The highest BCUT2D eigenvalue weighted by Crippen LogP contribution is 2.55. The number of esters is 2. The van der Waals surface area contributed by atoms with Crippen molar-refractivity contribution in [2.45, 2.75) is 69.7 Å². The van der Waals surface area contributed by atoms with Crippen LogP contribution >= 0.6 is 11.8 Å². The number of ether oxygens (including phenoxy) is 2. The van der Waals surface area contributed by atoms with Crippen molar-refractivity contribution in [3.05, 3.63) is 0 Å². The van der Waals surface area contributed by atoms with Gasteiger partial charge in [0.2, 0.25) is 6.79 Å². The van der Waals surface area contributed by atoms with Crippen LogP contribution in [0.1, 0.15) is 48.0 Å². The molecule has 2 rings (SSSR count). The van der Waals surface area contributed by atoms with Crippen LogP contribution in [0.15, 0.2) is 0 Å². The molecule has 0 aromatic rings. The van der Waals surface area contributed by atoms with E-state index in [1.807, 2.05) is 13.8 Å². The minimum atomic E-state index is -1.42. The SMILES string of the molecule is CC[C@@]1(O)C(=O)N2[C@@H](C(=O)OCOC(=O)C(C)(C)C)C(C)(C)S[C@@H]21. The molecule has 2 aliphatic heterocycles. The van der Waals surface area contributed by atoms with Crippen LogP contribution in [0.25, 0.3) is 0 Å². The number of aliphatic hydroxyl groups is 1. The third-order valence-corrected chi connectivity index (χ3v) is 6.05. The number of β-lactam (4-membered cyclic amide) rings is 1. The van der Waals surface area contributed by atoms with Crippen LogP contribution in [0.5, 0.6) is 0 Å². The summed E-state index contributed by atoms with van der Waals surface area (Å²) in [5, 5.41) is 9.94. The number of nitrogens with zero attached hydrogens (tertiary/aromatic N) is 1. The van der Waals surface area contributed by atoms with E-state index in [9.17, 15) is 19.5 Å². The van der Waals surface area contributed by atoms with E-state index in [2.05, 4.69) is 0 Å². The van der Waals surface area contributed by atoms with E-state index in [0.717, 1.165) is 0 Å². The van der Waals surface area contributed by atoms with Gasteiger partial charge in [-0.3, -0.25) is 9.59 Å². The van der Waals surface area contributed by atoms with Crippen molar-refractivity contribution in [2.75, 3.05) is 6.79 Å². The van der Waals surface area contributed by atoms with E-state index in [-0.39, 0.29) is 0 Å². The highest BCUT2D eigenvalue weighted by atomic mass is 32.2. The molecule has 8 heteroatoms. The molecular weight excluding hydrogens is 334 g/mol. The summed E-state index contributed by atoms with van der Waals surface area (Å²) >= 11 is 1.38. The number of hydrogen-bond acceptors (Lipinski definition) is 7. The fourth-order valence-electron chi connectivity index (χ4n) is 2.85. The maximum Gasteiger partial charge on any atom is 0.333 e. The Hall–Kier alpha value is -1.28. The second-order valence-corrected chi connectivity index (χ2v) is 9.46. The maximum atomic E-state index is 12.4. The number of thioether (sulfide) groups is 1. The summed E-state index contributed by atoms with van der Waals surface area (Å²) in [4.78, 5) is 37.8. The molecule has 0 aromatic heterocycles. The van der Waals surface area contributed by atoms with E-state index < -0.39 is 51.8 Å². The number of carbonyl (C=O) groups excluding carboxylic acids is 3. The van der Waals surface area contributed by atoms with Gasteiger partial charge in [0.05, 0.1) is 5.41 Å². The third kappa shape index (κ3) is 2.90. The minimum Gasteiger partial charge on any atom is -0.427 e. The second-order valence-electron chi connectivity index (χ2n) is 7.73. The van der Waals surface area contributed by atoms with E-state index >= 15 is 0 Å². The first kappa shape index (κ1) is 19.1. The fourth-order valence-corrected chi connectivity index (χ4v) is 4.56. The zero-order valence-corrected chi connectivity index (χ0v) is 15.7. The Morgan fingerprint density at radius 3 is 2.38 bits per heavy atom. The molecule has 2 aliphatic rings. The Morgan fingerprint density at radius 1 is 1.29 bits per heavy atom. The van der Waals surface area contributed by atoms with E-state index in [1.54, 1.807) is 27.7 Å². The van der Waals surface area contributed by atoms with Crippen LogP contribution in [-0.4, -0.2) is 56.4 Å². The highest BCUT2D eigenvalue weighted by molar-refractivity contribution is 8.01. The van der Waals surface area contributed by atoms with Gasteiger partial charge in [0.25, 0.3) is 5.91 Å². The summed E-state index contributed by atoms with van der Waals surface area (Å²) in [7, 11) is 0. The molecule has 0 bridgehead atoms. The molecule has 0 unspecified atom stereocenters. The summed E-state index contributed by atoms with van der Waals surface area (Å²) in [6, 6.07) is -0.819. The molecule has 7 nitrogen and oxygen atoms in total. The van der Waals surface area contributed by atoms with Crippen LogP contribution in [0, 0.1) is 5.41 Å². The number of hydrogen-bond donors (Lipinski definition) is 1. The lowest BCUT2D eigenvalue weighted by Crippen LogP contribution is -2.73. The van der Waals surface area contributed by atoms with Gasteiger partial charge >= 0.3 is 11.9 Å². The largest absolute Gasteiger partial charge is 0.427 e. The van der Waals surface area contributed by atoms with Gasteiger partial charge in [-0.15, -0.1) is 11.8 Å². The molecule has 2 fully saturated rings. The normalized spacial score (nSPS) is 31.3. The second kappa shape index (κ2) is 5.91. The smallest absolute Gasteiger partial charge is 0.333 e. The standard InChI is InChI=1S/C16H25NO6S/c1-7-16(21)11(19)17-9(15(5,6)24-12(16)17)10(18)22-8-23-13(20)14(2,3)4/h9,12,21H,7-8H2,1-6H3/t9-,12+,16+/m0/s1. The van der Waals surface area contributed by atoms with Crippen LogP contribution in [0.3, 0.4) is 0 Å². The molecule has 0 saturated carbocycles. The molecule has 1 N–H and O–H groups in total. The summed E-state index contributed by atoms with van der Waals surface area (Å²) in [6.45, 7) is 9.99. The van der Waals surface area contributed by atoms with E-state index in [4.69, 9.17) is 9.47 Å². The quantitative estimate of drug-likeness (QED) is 0.459. The van der Waals surface area contributed by atoms with Crippen molar-refractivity contribution in [3.63, 3.8) is 0 Å². The lowest BCUT2D eigenvalue weighted by atomic mass is 9.86. The monoisotopic (exact) mass is 359 g/mol. The summed E-state index contributed by atoms with van der Waals surface area (Å²) in [5.74, 6) is -1.57. The molecule has 136 valence electrons. The summed E-state index contributed by atoms with van der Waals surface area (Å²) in [6.07, 6.45) is 0.293. The van der Waals surface area contributed by atoms with Crippen LogP contribution in [0.2, 0.25) is 0 Å². The van der Waals surface area contributed by atoms with Crippen LogP contribution in [0.4, 0.5) is 0 Å². The van der Waals surface area contributed by atoms with Gasteiger partial charge in [0, 0.05) is 4.75 Å². The van der Waals surface area contributed by atoms with Gasteiger partial charge in [0.1, 0.15) is 11.4 Å².